The first-order chi connectivity index (χ1) is 15.1. The Labute approximate surface area is 183 Å². The number of rotatable bonds is 8. The first kappa shape index (κ1) is 21.1. The minimum atomic E-state index is -0.800. The predicted molar refractivity (Wildman–Crippen MR) is 123 cm³/mol. The highest BCUT2D eigenvalue weighted by Crippen LogP contribution is 2.31. The lowest BCUT2D eigenvalue weighted by Gasteiger charge is -2.33. The molecule has 0 saturated heterocycles. The summed E-state index contributed by atoms with van der Waals surface area (Å²) in [5.74, 6) is -0.150. The molecule has 1 aliphatic heterocycles. The summed E-state index contributed by atoms with van der Waals surface area (Å²) >= 11 is 0. The fourth-order valence-corrected chi connectivity index (χ4v) is 4.38. The van der Waals surface area contributed by atoms with Gasteiger partial charge >= 0.3 is 5.97 Å². The summed E-state index contributed by atoms with van der Waals surface area (Å²) < 4.78 is 0. The van der Waals surface area contributed by atoms with Gasteiger partial charge in [-0.05, 0) is 41.2 Å². The highest BCUT2D eigenvalue weighted by molar-refractivity contribution is 5.70. The lowest BCUT2D eigenvalue weighted by molar-refractivity contribution is -0.136. The van der Waals surface area contributed by atoms with Gasteiger partial charge in [-0.15, -0.1) is 0 Å². The number of carboxylic acids is 1. The van der Waals surface area contributed by atoms with Crippen LogP contribution in [0, 0.1) is 5.92 Å². The minimum Gasteiger partial charge on any atom is -0.481 e. The van der Waals surface area contributed by atoms with Gasteiger partial charge in [-0.2, -0.15) is 0 Å². The number of anilines is 1. The van der Waals surface area contributed by atoms with Crippen LogP contribution in [0.1, 0.15) is 41.3 Å². The quantitative estimate of drug-likeness (QED) is 0.508. The van der Waals surface area contributed by atoms with Gasteiger partial charge in [-0.1, -0.05) is 61.5 Å². The molecule has 0 radical (unpaired) electrons. The third kappa shape index (κ3) is 5.30. The molecule has 0 spiro atoms. The molecule has 1 aliphatic rings. The van der Waals surface area contributed by atoms with Crippen LogP contribution in [0.3, 0.4) is 0 Å². The Hall–Kier alpha value is -3.18. The highest BCUT2D eigenvalue weighted by atomic mass is 16.4. The predicted octanol–water partition coefficient (Wildman–Crippen LogP) is 4.43. The average Bonchev–Trinajstić information content (AvgIpc) is 2.79. The average molecular weight is 416 g/mol. The van der Waals surface area contributed by atoms with Gasteiger partial charge in [-0.25, -0.2) is 0 Å². The van der Waals surface area contributed by atoms with E-state index in [1.54, 1.807) is 0 Å². The maximum Gasteiger partial charge on any atom is 0.307 e. The Morgan fingerprint density at radius 1 is 1.13 bits per heavy atom. The number of nitrogens with zero attached hydrogens (tertiary/aromatic N) is 1. The zero-order chi connectivity index (χ0) is 21.6. The van der Waals surface area contributed by atoms with E-state index in [9.17, 15) is 4.79 Å². The van der Waals surface area contributed by atoms with Crippen molar-refractivity contribution >= 4 is 11.7 Å². The van der Waals surface area contributed by atoms with Crippen molar-refractivity contribution in [2.45, 2.75) is 31.7 Å². The second kappa shape index (κ2) is 9.75. The molecule has 5 nitrogen and oxygen atoms in total. The SMILES string of the molecule is C[C@@H](CN[C@H](c1ccccc1)[C@H]1CNc2cccnc2C1)c1cccc(CC(=O)O)c1. The number of aliphatic carboxylic acids is 1. The molecule has 160 valence electrons. The third-order valence-corrected chi connectivity index (χ3v) is 6.05. The number of carboxylic acid groups (broad SMARTS) is 1. The van der Waals surface area contributed by atoms with Crippen LogP contribution in [0.15, 0.2) is 72.9 Å². The van der Waals surface area contributed by atoms with E-state index < -0.39 is 5.97 Å². The number of hydrogen-bond acceptors (Lipinski definition) is 4. The van der Waals surface area contributed by atoms with Crippen LogP contribution in [0.2, 0.25) is 0 Å². The van der Waals surface area contributed by atoms with Crippen LogP contribution >= 0.6 is 0 Å². The molecular weight excluding hydrogens is 386 g/mol. The lowest BCUT2D eigenvalue weighted by atomic mass is 9.86. The Morgan fingerprint density at radius 3 is 2.74 bits per heavy atom. The van der Waals surface area contributed by atoms with Crippen molar-refractivity contribution in [3.63, 3.8) is 0 Å². The molecule has 3 N–H and O–H groups in total. The van der Waals surface area contributed by atoms with E-state index in [4.69, 9.17) is 5.11 Å². The summed E-state index contributed by atoms with van der Waals surface area (Å²) in [4.78, 5) is 15.6. The van der Waals surface area contributed by atoms with E-state index in [1.165, 1.54) is 5.56 Å². The van der Waals surface area contributed by atoms with Crippen molar-refractivity contribution in [1.82, 2.24) is 10.3 Å². The normalized spacial score (nSPS) is 17.3. The summed E-state index contributed by atoms with van der Waals surface area (Å²) in [5.41, 5.74) is 5.54. The number of nitrogens with one attached hydrogen (secondary N) is 2. The summed E-state index contributed by atoms with van der Waals surface area (Å²) in [7, 11) is 0. The molecule has 5 heteroatoms. The second-order valence-electron chi connectivity index (χ2n) is 8.36. The third-order valence-electron chi connectivity index (χ3n) is 6.05. The number of carbonyl (C=O) groups is 1. The Kier molecular flexibility index (Phi) is 6.63. The molecular formula is C26H29N3O2. The zero-order valence-electron chi connectivity index (χ0n) is 17.8. The minimum absolute atomic E-state index is 0.0563. The standard InChI is InChI=1S/C26H29N3O2/c1-18(21-10-5-7-19(13-21)14-25(30)31)16-29-26(20-8-3-2-4-9-20)22-15-24-23(28-17-22)11-6-12-27-24/h2-13,18,22,26,28-29H,14-17H2,1H3,(H,30,31)/t18-,22+,26+/m0/s1. The molecule has 0 amide bonds. The van der Waals surface area contributed by atoms with E-state index in [0.29, 0.717) is 5.92 Å². The molecule has 2 aromatic carbocycles. The van der Waals surface area contributed by atoms with Crippen LogP contribution in [-0.4, -0.2) is 29.1 Å². The molecule has 0 saturated carbocycles. The smallest absolute Gasteiger partial charge is 0.307 e. The maximum atomic E-state index is 11.1. The first-order valence-corrected chi connectivity index (χ1v) is 10.9. The van der Waals surface area contributed by atoms with Crippen molar-refractivity contribution in [3.8, 4) is 0 Å². The molecule has 0 aliphatic carbocycles. The summed E-state index contributed by atoms with van der Waals surface area (Å²) in [6.45, 7) is 3.89. The molecule has 2 heterocycles. The summed E-state index contributed by atoms with van der Waals surface area (Å²) in [5, 5.41) is 16.4. The van der Waals surface area contributed by atoms with Gasteiger partial charge in [0.2, 0.25) is 0 Å². The molecule has 0 fully saturated rings. The van der Waals surface area contributed by atoms with Crippen molar-refractivity contribution in [1.29, 1.82) is 0 Å². The van der Waals surface area contributed by atoms with E-state index >= 15 is 0 Å². The molecule has 0 bridgehead atoms. The molecule has 0 unspecified atom stereocenters. The van der Waals surface area contributed by atoms with E-state index in [1.807, 2.05) is 36.5 Å². The van der Waals surface area contributed by atoms with Gasteiger partial charge in [0.15, 0.2) is 0 Å². The fraction of sp³-hybridized carbons (Fsp3) is 0.308. The summed E-state index contributed by atoms with van der Waals surface area (Å²) in [6, 6.07) is 22.8. The van der Waals surface area contributed by atoms with Crippen LogP contribution in [0.4, 0.5) is 5.69 Å². The lowest BCUT2D eigenvalue weighted by Crippen LogP contribution is -2.37. The van der Waals surface area contributed by atoms with Gasteiger partial charge in [0.05, 0.1) is 17.8 Å². The van der Waals surface area contributed by atoms with Crippen LogP contribution in [0.25, 0.3) is 0 Å². The van der Waals surface area contributed by atoms with E-state index in [2.05, 4.69) is 58.9 Å². The fourth-order valence-electron chi connectivity index (χ4n) is 4.38. The number of pyridine rings is 1. The largest absolute Gasteiger partial charge is 0.481 e. The van der Waals surface area contributed by atoms with Crippen LogP contribution in [0.5, 0.6) is 0 Å². The van der Waals surface area contributed by atoms with Crippen molar-refractivity contribution in [2.75, 3.05) is 18.4 Å². The second-order valence-corrected chi connectivity index (χ2v) is 8.36. The number of benzene rings is 2. The van der Waals surface area contributed by atoms with E-state index in [-0.39, 0.29) is 18.4 Å². The van der Waals surface area contributed by atoms with Gasteiger partial charge in [-0.3, -0.25) is 9.78 Å². The van der Waals surface area contributed by atoms with Crippen LogP contribution < -0.4 is 10.6 Å². The highest BCUT2D eigenvalue weighted by Gasteiger charge is 2.28. The molecule has 1 aromatic heterocycles. The van der Waals surface area contributed by atoms with E-state index in [0.717, 1.165) is 42.0 Å². The van der Waals surface area contributed by atoms with Gasteiger partial charge in [0.25, 0.3) is 0 Å². The van der Waals surface area contributed by atoms with Crippen LogP contribution in [-0.2, 0) is 17.6 Å². The number of fused-ring (bicyclic) bond motifs is 1. The Morgan fingerprint density at radius 2 is 1.94 bits per heavy atom. The van der Waals surface area contributed by atoms with Crippen molar-refractivity contribution < 1.29 is 9.90 Å². The molecule has 3 atom stereocenters. The molecule has 31 heavy (non-hydrogen) atoms. The van der Waals surface area contributed by atoms with Crippen molar-refractivity contribution in [2.24, 2.45) is 5.92 Å². The van der Waals surface area contributed by atoms with Crippen molar-refractivity contribution in [3.05, 3.63) is 95.3 Å². The van der Waals surface area contributed by atoms with Gasteiger partial charge in [0, 0.05) is 31.2 Å². The topological polar surface area (TPSA) is 74.2 Å². The maximum absolute atomic E-state index is 11.1. The van der Waals surface area contributed by atoms with Gasteiger partial charge < -0.3 is 15.7 Å². The number of hydrogen-bond donors (Lipinski definition) is 3. The Balaban J connectivity index is 1.49. The Bertz CT molecular complexity index is 1020. The first-order valence-electron chi connectivity index (χ1n) is 10.9. The molecule has 4 rings (SSSR count). The summed E-state index contributed by atoms with van der Waals surface area (Å²) in [6.07, 6.45) is 2.85. The number of aromatic nitrogens is 1. The monoisotopic (exact) mass is 415 g/mol. The zero-order valence-corrected chi connectivity index (χ0v) is 17.8. The van der Waals surface area contributed by atoms with Gasteiger partial charge in [0.1, 0.15) is 0 Å². The molecule has 3 aromatic rings.